The third-order valence-corrected chi connectivity index (χ3v) is 6.10. The van der Waals surface area contributed by atoms with Crippen LogP contribution in [0, 0.1) is 6.92 Å². The summed E-state index contributed by atoms with van der Waals surface area (Å²) in [5, 5.41) is 9.41. The normalized spacial score (nSPS) is 22.9. The van der Waals surface area contributed by atoms with Gasteiger partial charge in [-0.15, -0.1) is 11.3 Å². The molecule has 1 aliphatic heterocycles. The number of nitrogens with one attached hydrogen (secondary N) is 1. The summed E-state index contributed by atoms with van der Waals surface area (Å²) in [5.74, 6) is -0.301. The fourth-order valence-electron chi connectivity index (χ4n) is 2.24. The smallest absolute Gasteiger partial charge is 0.252 e. The highest BCUT2D eigenvalue weighted by Gasteiger charge is 2.30. The van der Waals surface area contributed by atoms with Crippen molar-refractivity contribution >= 4 is 27.3 Å². The van der Waals surface area contributed by atoms with E-state index >= 15 is 0 Å². The van der Waals surface area contributed by atoms with Crippen molar-refractivity contribution in [2.45, 2.75) is 36.5 Å². The van der Waals surface area contributed by atoms with Crippen LogP contribution in [0.25, 0.3) is 0 Å². The average molecular weight is 318 g/mol. The van der Waals surface area contributed by atoms with E-state index < -0.39 is 10.0 Å². The van der Waals surface area contributed by atoms with Gasteiger partial charge in [0.2, 0.25) is 10.0 Å². The number of thiophene rings is 1. The molecule has 2 heterocycles. The Morgan fingerprint density at radius 1 is 1.60 bits per heavy atom. The van der Waals surface area contributed by atoms with Crippen molar-refractivity contribution < 1.29 is 17.9 Å². The molecule has 3 N–H and O–H groups in total. The molecule has 1 unspecified atom stereocenters. The van der Waals surface area contributed by atoms with Crippen LogP contribution in [-0.4, -0.2) is 33.1 Å². The van der Waals surface area contributed by atoms with Gasteiger partial charge in [0.15, 0.2) is 0 Å². The van der Waals surface area contributed by atoms with Gasteiger partial charge >= 0.3 is 0 Å². The van der Waals surface area contributed by atoms with Crippen molar-refractivity contribution in [1.82, 2.24) is 5.32 Å². The van der Waals surface area contributed by atoms with Crippen molar-refractivity contribution in [2.24, 2.45) is 5.14 Å². The predicted molar refractivity (Wildman–Crippen MR) is 76.4 cm³/mol. The van der Waals surface area contributed by atoms with Crippen LogP contribution in [-0.2, 0) is 14.8 Å². The van der Waals surface area contributed by atoms with Crippen LogP contribution in [0.4, 0.5) is 0 Å². The quantitative estimate of drug-likeness (QED) is 0.865. The summed E-state index contributed by atoms with van der Waals surface area (Å²) in [7, 11) is -3.78. The minimum atomic E-state index is -3.78. The summed E-state index contributed by atoms with van der Waals surface area (Å²) in [6.45, 7) is 4.65. The van der Waals surface area contributed by atoms with E-state index in [0.717, 1.165) is 24.2 Å². The third-order valence-electron chi connectivity index (χ3n) is 3.42. The first-order valence-electron chi connectivity index (χ1n) is 6.26. The van der Waals surface area contributed by atoms with Gasteiger partial charge in [0, 0.05) is 18.5 Å². The fraction of sp³-hybridized carbons (Fsp3) is 0.583. The van der Waals surface area contributed by atoms with E-state index in [-0.39, 0.29) is 15.7 Å². The highest BCUT2D eigenvalue weighted by atomic mass is 32.2. The molecule has 0 radical (unpaired) electrons. The van der Waals surface area contributed by atoms with Gasteiger partial charge in [-0.2, -0.15) is 0 Å². The van der Waals surface area contributed by atoms with Gasteiger partial charge in [-0.05, 0) is 32.3 Å². The number of hydrogen-bond donors (Lipinski definition) is 2. The summed E-state index contributed by atoms with van der Waals surface area (Å²) in [4.78, 5) is 12.1. The van der Waals surface area contributed by atoms with E-state index in [0.29, 0.717) is 24.3 Å². The Hall–Kier alpha value is -0.960. The van der Waals surface area contributed by atoms with Gasteiger partial charge in [0.05, 0.1) is 11.2 Å². The van der Waals surface area contributed by atoms with E-state index in [1.807, 2.05) is 6.92 Å². The van der Waals surface area contributed by atoms with Crippen molar-refractivity contribution in [1.29, 1.82) is 0 Å². The Bertz CT molecular complexity index is 615. The molecule has 0 saturated carbocycles. The maximum Gasteiger partial charge on any atom is 0.252 e. The number of rotatable bonds is 4. The molecule has 1 atom stereocenters. The molecule has 0 bridgehead atoms. The van der Waals surface area contributed by atoms with Crippen LogP contribution < -0.4 is 10.5 Å². The lowest BCUT2D eigenvalue weighted by Gasteiger charge is -2.23. The maximum absolute atomic E-state index is 12.1. The minimum Gasteiger partial charge on any atom is -0.373 e. The van der Waals surface area contributed by atoms with Crippen LogP contribution in [0.3, 0.4) is 0 Å². The Balaban J connectivity index is 2.09. The van der Waals surface area contributed by atoms with Crippen molar-refractivity contribution in [3.05, 3.63) is 16.5 Å². The first-order valence-corrected chi connectivity index (χ1v) is 8.69. The molecule has 0 aliphatic carbocycles. The molecule has 1 aliphatic rings. The summed E-state index contributed by atoms with van der Waals surface area (Å²) in [6.07, 6.45) is 1.89. The number of carbonyl (C=O) groups excluding carboxylic acids is 1. The molecule has 1 aromatic rings. The van der Waals surface area contributed by atoms with Crippen molar-refractivity contribution in [3.63, 3.8) is 0 Å². The lowest BCUT2D eigenvalue weighted by atomic mass is 10.0. The van der Waals surface area contributed by atoms with E-state index in [2.05, 4.69) is 5.32 Å². The number of sulfonamides is 1. The molecule has 112 valence electrons. The highest BCUT2D eigenvalue weighted by Crippen LogP contribution is 2.26. The molecule has 6 nitrogen and oxygen atoms in total. The van der Waals surface area contributed by atoms with Gasteiger partial charge in [0.25, 0.3) is 5.91 Å². The maximum atomic E-state index is 12.1. The molecular formula is C12H18N2O4S2. The molecule has 20 heavy (non-hydrogen) atoms. The first kappa shape index (κ1) is 15.4. The lowest BCUT2D eigenvalue weighted by molar-refractivity contribution is 0.0206. The molecule has 1 amide bonds. The Morgan fingerprint density at radius 3 is 2.80 bits per heavy atom. The number of carbonyl (C=O) groups is 1. The monoisotopic (exact) mass is 318 g/mol. The molecule has 1 saturated heterocycles. The predicted octanol–water partition coefficient (Wildman–Crippen LogP) is 1.00. The second kappa shape index (κ2) is 5.44. The Morgan fingerprint density at radius 2 is 2.30 bits per heavy atom. The van der Waals surface area contributed by atoms with Crippen LogP contribution in [0.2, 0.25) is 0 Å². The number of hydrogen-bond acceptors (Lipinski definition) is 5. The van der Waals surface area contributed by atoms with Gasteiger partial charge in [-0.25, -0.2) is 13.6 Å². The van der Waals surface area contributed by atoms with Gasteiger partial charge in [-0.3, -0.25) is 4.79 Å². The lowest BCUT2D eigenvalue weighted by Crippen LogP contribution is -2.40. The number of nitrogens with two attached hydrogens (primary N) is 1. The summed E-state index contributed by atoms with van der Waals surface area (Å²) < 4.78 is 28.3. The van der Waals surface area contributed by atoms with Crippen molar-refractivity contribution in [3.8, 4) is 0 Å². The molecule has 1 aromatic heterocycles. The highest BCUT2D eigenvalue weighted by molar-refractivity contribution is 7.91. The number of amides is 1. The van der Waals surface area contributed by atoms with Crippen LogP contribution in [0.5, 0.6) is 0 Å². The zero-order valence-electron chi connectivity index (χ0n) is 11.4. The zero-order chi connectivity index (χ0) is 15.0. The molecule has 2 rings (SSSR count). The van der Waals surface area contributed by atoms with E-state index in [1.54, 1.807) is 6.92 Å². The average Bonchev–Trinajstić information content (AvgIpc) is 2.92. The van der Waals surface area contributed by atoms with E-state index in [9.17, 15) is 13.2 Å². The second-order valence-electron chi connectivity index (χ2n) is 5.19. The summed E-state index contributed by atoms with van der Waals surface area (Å²) in [6, 6.07) is 0. The Kier molecular flexibility index (Phi) is 4.19. The number of primary sulfonamides is 1. The van der Waals surface area contributed by atoms with Gasteiger partial charge in [0.1, 0.15) is 4.21 Å². The van der Waals surface area contributed by atoms with Crippen molar-refractivity contribution in [2.75, 3.05) is 13.2 Å². The van der Waals surface area contributed by atoms with Crippen LogP contribution in [0.15, 0.2) is 9.59 Å². The van der Waals surface area contributed by atoms with E-state index in [1.165, 1.54) is 5.38 Å². The first-order chi connectivity index (χ1) is 9.23. The standard InChI is InChI=1S/C12H18N2O4S2/c1-8-9(6-19-11(8)20(13,16)17)10(15)14-7-12(2)4-3-5-18-12/h6H,3-5,7H2,1-2H3,(H,14,15)(H2,13,16,17). The summed E-state index contributed by atoms with van der Waals surface area (Å²) >= 11 is 0.964. The SMILES string of the molecule is Cc1c(C(=O)NCC2(C)CCCO2)csc1S(N)(=O)=O. The number of ether oxygens (including phenoxy) is 1. The van der Waals surface area contributed by atoms with Gasteiger partial charge in [-0.1, -0.05) is 0 Å². The van der Waals surface area contributed by atoms with E-state index in [4.69, 9.17) is 9.88 Å². The largest absolute Gasteiger partial charge is 0.373 e. The molecule has 0 aromatic carbocycles. The van der Waals surface area contributed by atoms with Crippen LogP contribution >= 0.6 is 11.3 Å². The third kappa shape index (κ3) is 3.20. The molecule has 1 fully saturated rings. The molecular weight excluding hydrogens is 300 g/mol. The topological polar surface area (TPSA) is 98.5 Å². The fourth-order valence-corrected chi connectivity index (χ4v) is 4.26. The zero-order valence-corrected chi connectivity index (χ0v) is 13.1. The van der Waals surface area contributed by atoms with Crippen LogP contribution in [0.1, 0.15) is 35.7 Å². The Labute approximate surface area is 122 Å². The molecule has 8 heteroatoms. The second-order valence-corrected chi connectivity index (χ2v) is 7.83. The minimum absolute atomic E-state index is 0.0333. The van der Waals surface area contributed by atoms with Gasteiger partial charge < -0.3 is 10.1 Å². The molecule has 0 spiro atoms. The summed E-state index contributed by atoms with van der Waals surface area (Å²) in [5.41, 5.74) is 0.413.